The number of ether oxygens (including phenoxy) is 1. The molecule has 2 heterocycles. The summed E-state index contributed by atoms with van der Waals surface area (Å²) in [6, 6.07) is 19.0. The molecule has 0 spiro atoms. The first-order valence-corrected chi connectivity index (χ1v) is 11.9. The first-order valence-electron chi connectivity index (χ1n) is 9.85. The van der Waals surface area contributed by atoms with Gasteiger partial charge in [-0.3, -0.25) is 9.36 Å². The number of anilines is 2. The molecular formula is C24H22N2O3S2. The molecule has 0 saturated carbocycles. The minimum atomic E-state index is -0.407. The number of thioether (sulfide) groups is 1. The zero-order valence-electron chi connectivity index (χ0n) is 17.5. The molecule has 4 aromatic rings. The Bertz CT molecular complexity index is 1310. The van der Waals surface area contributed by atoms with Crippen molar-refractivity contribution in [2.45, 2.75) is 18.7 Å². The summed E-state index contributed by atoms with van der Waals surface area (Å²) in [5, 5.41) is 4.18. The highest BCUT2D eigenvalue weighted by Gasteiger charge is 2.22. The van der Waals surface area contributed by atoms with Gasteiger partial charge in [0.05, 0.1) is 18.0 Å². The second-order valence-electron chi connectivity index (χ2n) is 6.94. The zero-order valence-corrected chi connectivity index (χ0v) is 19.1. The van der Waals surface area contributed by atoms with Gasteiger partial charge in [-0.05, 0) is 68.1 Å². The summed E-state index contributed by atoms with van der Waals surface area (Å²) < 4.78 is 6.95. The van der Waals surface area contributed by atoms with Crippen LogP contribution >= 0.6 is 23.1 Å². The number of aromatic nitrogens is 1. The van der Waals surface area contributed by atoms with Crippen molar-refractivity contribution in [2.75, 3.05) is 18.2 Å². The van der Waals surface area contributed by atoms with Crippen LogP contribution in [-0.2, 0) is 4.74 Å². The van der Waals surface area contributed by atoms with E-state index in [1.165, 1.54) is 17.4 Å². The summed E-state index contributed by atoms with van der Waals surface area (Å²) in [5.41, 5.74) is 3.23. The fourth-order valence-corrected chi connectivity index (χ4v) is 4.96. The van der Waals surface area contributed by atoms with Gasteiger partial charge in [0, 0.05) is 22.0 Å². The van der Waals surface area contributed by atoms with Crippen molar-refractivity contribution in [3.05, 3.63) is 81.5 Å². The third-order valence-corrected chi connectivity index (χ3v) is 6.73. The summed E-state index contributed by atoms with van der Waals surface area (Å²) in [7, 11) is 0. The van der Waals surface area contributed by atoms with Gasteiger partial charge < -0.3 is 10.1 Å². The lowest BCUT2D eigenvalue weighted by Gasteiger charge is -2.10. The average molecular weight is 451 g/mol. The van der Waals surface area contributed by atoms with Crippen molar-refractivity contribution in [3.8, 4) is 5.69 Å². The highest BCUT2D eigenvalue weighted by atomic mass is 32.2. The summed E-state index contributed by atoms with van der Waals surface area (Å²) in [6.45, 7) is 4.07. The topological polar surface area (TPSA) is 60.3 Å². The maximum absolute atomic E-state index is 12.8. The predicted octanol–water partition coefficient (Wildman–Crippen LogP) is 6.00. The summed E-state index contributed by atoms with van der Waals surface area (Å²) in [4.78, 5) is 27.9. The Labute approximate surface area is 188 Å². The molecule has 0 aliphatic carbocycles. The second kappa shape index (κ2) is 8.99. The molecular weight excluding hydrogens is 428 g/mol. The number of thiophene rings is 1. The van der Waals surface area contributed by atoms with Crippen LogP contribution in [0.5, 0.6) is 0 Å². The minimum absolute atomic E-state index is 0.150. The first-order chi connectivity index (χ1) is 15.0. The number of nitrogens with one attached hydrogen (secondary N) is 1. The van der Waals surface area contributed by atoms with Crippen LogP contribution in [0.4, 0.5) is 11.4 Å². The van der Waals surface area contributed by atoms with Crippen LogP contribution in [-0.4, -0.2) is 23.4 Å². The van der Waals surface area contributed by atoms with Crippen LogP contribution in [0.1, 0.15) is 22.2 Å². The van der Waals surface area contributed by atoms with Crippen molar-refractivity contribution in [1.82, 2.24) is 4.57 Å². The highest BCUT2D eigenvalue weighted by molar-refractivity contribution is 7.98. The predicted molar refractivity (Wildman–Crippen MR) is 130 cm³/mol. The van der Waals surface area contributed by atoms with Gasteiger partial charge in [0.25, 0.3) is 5.56 Å². The Morgan fingerprint density at radius 1 is 1.13 bits per heavy atom. The van der Waals surface area contributed by atoms with E-state index in [0.717, 1.165) is 27.2 Å². The minimum Gasteiger partial charge on any atom is -0.462 e. The summed E-state index contributed by atoms with van der Waals surface area (Å²) in [6.07, 6.45) is 2.01. The van der Waals surface area contributed by atoms with Gasteiger partial charge in [0.2, 0.25) is 0 Å². The van der Waals surface area contributed by atoms with E-state index in [4.69, 9.17) is 4.74 Å². The van der Waals surface area contributed by atoms with Crippen LogP contribution in [0, 0.1) is 6.92 Å². The van der Waals surface area contributed by atoms with Crippen molar-refractivity contribution < 1.29 is 9.53 Å². The summed E-state index contributed by atoms with van der Waals surface area (Å²) in [5.74, 6) is -0.407. The third kappa shape index (κ3) is 4.24. The number of fused-ring (bicyclic) bond motifs is 1. The lowest BCUT2D eigenvalue weighted by atomic mass is 10.2. The van der Waals surface area contributed by atoms with Crippen LogP contribution < -0.4 is 10.9 Å². The number of esters is 1. The monoisotopic (exact) mass is 450 g/mol. The molecule has 0 unspecified atom stereocenters. The maximum Gasteiger partial charge on any atom is 0.350 e. The second-order valence-corrected chi connectivity index (χ2v) is 8.82. The lowest BCUT2D eigenvalue weighted by Crippen LogP contribution is -2.16. The molecule has 2 aromatic carbocycles. The van der Waals surface area contributed by atoms with Crippen LogP contribution in [0.15, 0.2) is 70.4 Å². The standard InChI is InChI=1S/C24H22N2O3S2/c1-4-29-24(28)22-21(25-16-7-5-6-15(2)14-16)19-12-13-20(27)26(23(19)31-22)17-8-10-18(30-3)11-9-17/h5-14,25H,4H2,1-3H3. The van der Waals surface area contributed by atoms with Crippen LogP contribution in [0.25, 0.3) is 15.9 Å². The first kappa shape index (κ1) is 21.2. The van der Waals surface area contributed by atoms with Gasteiger partial charge >= 0.3 is 5.97 Å². The van der Waals surface area contributed by atoms with Gasteiger partial charge in [0.1, 0.15) is 9.71 Å². The Morgan fingerprint density at radius 2 is 1.90 bits per heavy atom. The van der Waals surface area contributed by atoms with Crippen LogP contribution in [0.3, 0.4) is 0 Å². The Balaban J connectivity index is 1.93. The molecule has 31 heavy (non-hydrogen) atoms. The van der Waals surface area contributed by atoms with E-state index >= 15 is 0 Å². The van der Waals surface area contributed by atoms with Crippen molar-refractivity contribution in [2.24, 2.45) is 0 Å². The molecule has 5 nitrogen and oxygen atoms in total. The number of hydrogen-bond acceptors (Lipinski definition) is 6. The SMILES string of the molecule is CCOC(=O)c1sc2c(ccc(=O)n2-c2ccc(SC)cc2)c1Nc1cccc(C)c1. The molecule has 0 bridgehead atoms. The largest absolute Gasteiger partial charge is 0.462 e. The lowest BCUT2D eigenvalue weighted by molar-refractivity contribution is 0.0533. The van der Waals surface area contributed by atoms with E-state index < -0.39 is 5.97 Å². The van der Waals surface area contributed by atoms with Crippen molar-refractivity contribution >= 4 is 50.7 Å². The van der Waals surface area contributed by atoms with Crippen molar-refractivity contribution in [1.29, 1.82) is 0 Å². The average Bonchev–Trinajstić information content (AvgIpc) is 3.12. The molecule has 1 N–H and O–H groups in total. The fraction of sp³-hybridized carbons (Fsp3) is 0.167. The molecule has 0 atom stereocenters. The number of hydrogen-bond donors (Lipinski definition) is 1. The Kier molecular flexibility index (Phi) is 6.15. The normalized spacial score (nSPS) is 10.9. The number of pyridine rings is 1. The molecule has 0 fully saturated rings. The third-order valence-electron chi connectivity index (χ3n) is 4.82. The quantitative estimate of drug-likeness (QED) is 0.288. The highest BCUT2D eigenvalue weighted by Crippen LogP contribution is 2.38. The fourth-order valence-electron chi connectivity index (χ4n) is 3.39. The molecule has 7 heteroatoms. The molecule has 0 aliphatic heterocycles. The Hall–Kier alpha value is -3.03. The van der Waals surface area contributed by atoms with Gasteiger partial charge in [-0.1, -0.05) is 12.1 Å². The van der Waals surface area contributed by atoms with Gasteiger partial charge in [-0.2, -0.15) is 0 Å². The van der Waals surface area contributed by atoms with Gasteiger partial charge in [0.15, 0.2) is 0 Å². The van der Waals surface area contributed by atoms with Gasteiger partial charge in [-0.25, -0.2) is 4.79 Å². The van der Waals surface area contributed by atoms with Crippen molar-refractivity contribution in [3.63, 3.8) is 0 Å². The molecule has 0 amide bonds. The maximum atomic E-state index is 12.8. The number of rotatable bonds is 6. The van der Waals surface area contributed by atoms with E-state index in [1.54, 1.807) is 29.3 Å². The smallest absolute Gasteiger partial charge is 0.350 e. The van der Waals surface area contributed by atoms with E-state index in [1.807, 2.05) is 61.7 Å². The zero-order chi connectivity index (χ0) is 22.0. The molecule has 0 radical (unpaired) electrons. The molecule has 0 saturated heterocycles. The number of nitrogens with zero attached hydrogens (tertiary/aromatic N) is 1. The van der Waals surface area contributed by atoms with E-state index in [0.29, 0.717) is 15.4 Å². The van der Waals surface area contributed by atoms with Gasteiger partial charge in [-0.15, -0.1) is 23.1 Å². The van der Waals surface area contributed by atoms with Crippen LogP contribution in [0.2, 0.25) is 0 Å². The molecule has 2 aromatic heterocycles. The molecule has 4 rings (SSSR count). The summed E-state index contributed by atoms with van der Waals surface area (Å²) >= 11 is 2.90. The number of carbonyl (C=O) groups is 1. The van der Waals surface area contributed by atoms with E-state index in [9.17, 15) is 9.59 Å². The Morgan fingerprint density at radius 3 is 2.58 bits per heavy atom. The number of aryl methyl sites for hydroxylation is 1. The van der Waals surface area contributed by atoms with E-state index in [-0.39, 0.29) is 12.2 Å². The van der Waals surface area contributed by atoms with E-state index in [2.05, 4.69) is 5.32 Å². The number of carbonyl (C=O) groups excluding carboxylic acids is 1. The number of benzene rings is 2. The molecule has 0 aliphatic rings. The molecule has 158 valence electrons.